The molecule has 2 heteroatoms. The third-order valence-corrected chi connectivity index (χ3v) is 2.72. The number of nitrogens with zero attached hydrogens (tertiary/aromatic N) is 1. The highest BCUT2D eigenvalue weighted by molar-refractivity contribution is 7.07. The van der Waals surface area contributed by atoms with Gasteiger partial charge in [0.1, 0.15) is 0 Å². The molecule has 76 valence electrons. The van der Waals surface area contributed by atoms with Crippen LogP contribution in [0.4, 0.5) is 0 Å². The third kappa shape index (κ3) is 2.55. The maximum Gasteiger partial charge on any atom is 0.0522 e. The summed E-state index contributed by atoms with van der Waals surface area (Å²) in [6, 6.07) is 2.15. The van der Waals surface area contributed by atoms with Crippen molar-refractivity contribution in [3.63, 3.8) is 0 Å². The molecule has 0 fully saturated rings. The van der Waals surface area contributed by atoms with E-state index < -0.39 is 0 Å². The molecule has 1 aliphatic rings. The highest BCUT2D eigenvalue weighted by Gasteiger charge is 2.11. The van der Waals surface area contributed by atoms with Gasteiger partial charge in [0.2, 0.25) is 0 Å². The molecule has 0 saturated heterocycles. The van der Waals surface area contributed by atoms with E-state index in [-0.39, 0.29) is 5.41 Å². The molecule has 0 aromatic carbocycles. The summed E-state index contributed by atoms with van der Waals surface area (Å²) >= 11 is 1.74. The molecule has 0 unspecified atom stereocenters. The molecule has 1 aromatic heterocycles. The Kier molecular flexibility index (Phi) is 3.64. The standard InChI is InChI=1S/C10H11NS.C2H6/c1-10(2)5-8-3-4-12-9(8)6-11-7-10;1-2/h3-7H,1-2H3;1-2H3. The predicted octanol–water partition coefficient (Wildman–Crippen LogP) is 2.40. The molecule has 0 atom stereocenters. The molecule has 1 aromatic rings. The minimum Gasteiger partial charge on any atom is -0.267 e. The molecule has 1 nitrogen and oxygen atoms in total. The average Bonchev–Trinajstić information content (AvgIpc) is 2.50. The van der Waals surface area contributed by atoms with Crippen LogP contribution in [0.5, 0.6) is 0 Å². The summed E-state index contributed by atoms with van der Waals surface area (Å²) in [4.78, 5) is 4.27. The van der Waals surface area contributed by atoms with Crippen molar-refractivity contribution in [2.45, 2.75) is 27.7 Å². The predicted molar refractivity (Wildman–Crippen MR) is 66.1 cm³/mol. The van der Waals surface area contributed by atoms with E-state index in [1.807, 2.05) is 26.3 Å². The molecular weight excluding hydrogens is 190 g/mol. The normalized spacial score (nSPS) is 16.6. The van der Waals surface area contributed by atoms with E-state index in [1.165, 1.54) is 9.75 Å². The van der Waals surface area contributed by atoms with Crippen molar-refractivity contribution in [3.8, 4) is 0 Å². The molecule has 2 rings (SSSR count). The van der Waals surface area contributed by atoms with E-state index in [1.54, 1.807) is 11.3 Å². The number of hydrogen-bond acceptors (Lipinski definition) is 2. The molecule has 1 aliphatic heterocycles. The van der Waals surface area contributed by atoms with Gasteiger partial charge in [-0.05, 0) is 16.7 Å². The van der Waals surface area contributed by atoms with Crippen molar-refractivity contribution < 1.29 is 0 Å². The summed E-state index contributed by atoms with van der Waals surface area (Å²) < 4.78 is 1.26. The minimum absolute atomic E-state index is 0.0861. The van der Waals surface area contributed by atoms with Gasteiger partial charge in [0.15, 0.2) is 0 Å². The highest BCUT2D eigenvalue weighted by atomic mass is 32.1. The summed E-state index contributed by atoms with van der Waals surface area (Å²) in [6.07, 6.45) is 6.18. The molecule has 0 N–H and O–H groups in total. The molecule has 0 bridgehead atoms. The number of rotatable bonds is 0. The molecule has 0 amide bonds. The zero-order valence-corrected chi connectivity index (χ0v) is 10.1. The van der Waals surface area contributed by atoms with E-state index in [4.69, 9.17) is 0 Å². The first-order chi connectivity index (χ1) is 6.67. The first-order valence-corrected chi connectivity index (χ1v) is 5.86. The number of hydrogen-bond donors (Lipinski definition) is 0. The Labute approximate surface area is 89.5 Å². The maximum atomic E-state index is 4.27. The Morgan fingerprint density at radius 2 is 2.00 bits per heavy atom. The summed E-state index contributed by atoms with van der Waals surface area (Å²) in [5.41, 5.74) is 0.0861. The van der Waals surface area contributed by atoms with Gasteiger partial charge in [-0.25, -0.2) is 0 Å². The van der Waals surface area contributed by atoms with Crippen molar-refractivity contribution in [1.82, 2.24) is 0 Å². The first kappa shape index (κ1) is 11.2. The fraction of sp³-hybridized carbons (Fsp3) is 0.417. The monoisotopic (exact) mass is 207 g/mol. The lowest BCUT2D eigenvalue weighted by Gasteiger charge is -2.10. The Balaban J connectivity index is 0.000000461. The molecule has 14 heavy (non-hydrogen) atoms. The fourth-order valence-electron chi connectivity index (χ4n) is 1.29. The second-order valence-corrected chi connectivity index (χ2v) is 4.56. The van der Waals surface area contributed by atoms with Crippen LogP contribution in [0.15, 0.2) is 16.4 Å². The van der Waals surface area contributed by atoms with Gasteiger partial charge in [-0.2, -0.15) is 0 Å². The van der Waals surface area contributed by atoms with Crippen LogP contribution in [0.25, 0.3) is 12.3 Å². The molecule has 2 heterocycles. The topological polar surface area (TPSA) is 12.4 Å². The third-order valence-electron chi connectivity index (χ3n) is 1.85. The van der Waals surface area contributed by atoms with Gasteiger partial charge in [0.05, 0.1) is 4.53 Å². The summed E-state index contributed by atoms with van der Waals surface area (Å²) in [5, 5.41) is 3.41. The number of thiophene rings is 1. The van der Waals surface area contributed by atoms with Crippen LogP contribution in [0.1, 0.15) is 27.7 Å². The largest absolute Gasteiger partial charge is 0.267 e. The van der Waals surface area contributed by atoms with E-state index in [2.05, 4.69) is 36.4 Å². The van der Waals surface area contributed by atoms with Gasteiger partial charge in [-0.3, -0.25) is 4.99 Å². The van der Waals surface area contributed by atoms with Gasteiger partial charge in [0, 0.05) is 17.8 Å². The van der Waals surface area contributed by atoms with Crippen LogP contribution < -0.4 is 9.75 Å². The van der Waals surface area contributed by atoms with Crippen LogP contribution in [0.2, 0.25) is 0 Å². The van der Waals surface area contributed by atoms with Crippen molar-refractivity contribution in [2.75, 3.05) is 0 Å². The van der Waals surface area contributed by atoms with Crippen LogP contribution in [-0.4, -0.2) is 6.21 Å². The molecule has 0 spiro atoms. The second-order valence-electron chi connectivity index (χ2n) is 3.61. The van der Waals surface area contributed by atoms with Crippen LogP contribution in [0, 0.1) is 5.41 Å². The Morgan fingerprint density at radius 3 is 2.71 bits per heavy atom. The van der Waals surface area contributed by atoms with Gasteiger partial charge < -0.3 is 0 Å². The smallest absolute Gasteiger partial charge is 0.0522 e. The first-order valence-electron chi connectivity index (χ1n) is 4.98. The van der Waals surface area contributed by atoms with Crippen LogP contribution >= 0.6 is 11.3 Å². The zero-order chi connectivity index (χ0) is 10.6. The van der Waals surface area contributed by atoms with E-state index in [0.29, 0.717) is 0 Å². The molecule has 0 radical (unpaired) electrons. The number of fused-ring (bicyclic) bond motifs is 1. The summed E-state index contributed by atoms with van der Waals surface area (Å²) in [5.74, 6) is 0. The second kappa shape index (κ2) is 4.56. The average molecular weight is 207 g/mol. The quantitative estimate of drug-likeness (QED) is 0.619. The Hall–Kier alpha value is -0.890. The van der Waals surface area contributed by atoms with Gasteiger partial charge in [-0.1, -0.05) is 33.8 Å². The van der Waals surface area contributed by atoms with Gasteiger partial charge >= 0.3 is 0 Å². The maximum absolute atomic E-state index is 4.27. The Bertz CT molecular complexity index is 423. The number of aliphatic imine (C=N–C) groups is 1. The lowest BCUT2D eigenvalue weighted by atomic mass is 9.94. The van der Waals surface area contributed by atoms with Crippen molar-refractivity contribution in [2.24, 2.45) is 10.4 Å². The highest BCUT2D eigenvalue weighted by Crippen LogP contribution is 2.14. The lowest BCUT2D eigenvalue weighted by molar-refractivity contribution is 0.741. The van der Waals surface area contributed by atoms with Crippen LogP contribution in [-0.2, 0) is 0 Å². The van der Waals surface area contributed by atoms with Crippen molar-refractivity contribution in [3.05, 3.63) is 21.2 Å². The van der Waals surface area contributed by atoms with E-state index >= 15 is 0 Å². The zero-order valence-electron chi connectivity index (χ0n) is 9.24. The van der Waals surface area contributed by atoms with E-state index in [9.17, 15) is 0 Å². The summed E-state index contributed by atoms with van der Waals surface area (Å²) in [6.45, 7) is 8.33. The van der Waals surface area contributed by atoms with Gasteiger partial charge in [-0.15, -0.1) is 11.3 Å². The van der Waals surface area contributed by atoms with Crippen molar-refractivity contribution >= 4 is 29.8 Å². The summed E-state index contributed by atoms with van der Waals surface area (Å²) in [7, 11) is 0. The van der Waals surface area contributed by atoms with E-state index in [0.717, 1.165) is 0 Å². The minimum atomic E-state index is 0.0861. The fourth-order valence-corrected chi connectivity index (χ4v) is 2.04. The lowest BCUT2D eigenvalue weighted by Crippen LogP contribution is -2.20. The van der Waals surface area contributed by atoms with Crippen molar-refractivity contribution in [1.29, 1.82) is 0 Å². The Morgan fingerprint density at radius 1 is 1.29 bits per heavy atom. The SMILES string of the molecule is CC.CC1(C)C=NC=c2sccc2=C1. The molecule has 0 saturated carbocycles. The molecular formula is C12H17NS. The van der Waals surface area contributed by atoms with Crippen LogP contribution in [0.3, 0.4) is 0 Å². The van der Waals surface area contributed by atoms with Gasteiger partial charge in [0.25, 0.3) is 0 Å². The molecule has 0 aliphatic carbocycles.